The summed E-state index contributed by atoms with van der Waals surface area (Å²) in [6, 6.07) is 4.03. The monoisotopic (exact) mass is 373 g/mol. The molecule has 23 heavy (non-hydrogen) atoms. The van der Waals surface area contributed by atoms with Gasteiger partial charge in [0, 0.05) is 11.1 Å². The van der Waals surface area contributed by atoms with Crippen molar-refractivity contribution >= 4 is 58.3 Å². The fourth-order valence-electron chi connectivity index (χ4n) is 1.77. The molecular weight excluding hydrogens is 361 g/mol. The number of anilines is 3. The summed E-state index contributed by atoms with van der Waals surface area (Å²) in [6.45, 7) is 3.91. The van der Waals surface area contributed by atoms with Crippen LogP contribution < -0.4 is 16.4 Å². The first-order valence-electron chi connectivity index (χ1n) is 6.63. The lowest BCUT2D eigenvalue weighted by Gasteiger charge is -2.12. The molecule has 1 aromatic heterocycles. The number of halogens is 3. The Morgan fingerprint density at radius 1 is 1.09 bits per heavy atom. The molecule has 0 aliphatic heterocycles. The highest BCUT2D eigenvalue weighted by Gasteiger charge is 2.13. The van der Waals surface area contributed by atoms with Crippen LogP contribution in [0.25, 0.3) is 0 Å². The van der Waals surface area contributed by atoms with Crippen LogP contribution in [0.1, 0.15) is 25.5 Å². The van der Waals surface area contributed by atoms with Crippen LogP contribution in [0.5, 0.6) is 0 Å². The summed E-state index contributed by atoms with van der Waals surface area (Å²) in [5.74, 6) is 0.498. The van der Waals surface area contributed by atoms with E-state index in [1.807, 2.05) is 13.8 Å². The molecule has 0 radical (unpaired) electrons. The van der Waals surface area contributed by atoms with E-state index in [1.165, 1.54) is 12.1 Å². The molecule has 6 nitrogen and oxygen atoms in total. The second-order valence-corrected chi connectivity index (χ2v) is 6.27. The molecule has 122 valence electrons. The van der Waals surface area contributed by atoms with Crippen LogP contribution in [0.4, 0.5) is 22.2 Å². The SMILES string of the molecule is CC(C)c1cc(NC(=O)Nc2c(Cl)cc(Cl)cc2Cl)nc(N)n1. The quantitative estimate of drug-likeness (QED) is 0.720. The van der Waals surface area contributed by atoms with E-state index in [1.54, 1.807) is 6.07 Å². The van der Waals surface area contributed by atoms with E-state index >= 15 is 0 Å². The largest absolute Gasteiger partial charge is 0.368 e. The van der Waals surface area contributed by atoms with Crippen LogP contribution in [-0.2, 0) is 0 Å². The molecule has 0 saturated carbocycles. The summed E-state index contributed by atoms with van der Waals surface area (Å²) in [6.07, 6.45) is 0. The van der Waals surface area contributed by atoms with Crippen LogP contribution in [0.15, 0.2) is 18.2 Å². The Labute approximate surface area is 148 Å². The molecule has 4 N–H and O–H groups in total. The van der Waals surface area contributed by atoms with Crippen molar-refractivity contribution in [2.24, 2.45) is 0 Å². The molecular formula is C14H14Cl3N5O. The van der Waals surface area contributed by atoms with Gasteiger partial charge in [-0.05, 0) is 18.1 Å². The molecule has 9 heteroatoms. The zero-order valence-electron chi connectivity index (χ0n) is 12.3. The van der Waals surface area contributed by atoms with Crippen LogP contribution in [0.3, 0.4) is 0 Å². The Bertz CT molecular complexity index is 728. The number of urea groups is 1. The Balaban J connectivity index is 2.17. The highest BCUT2D eigenvalue weighted by Crippen LogP contribution is 2.33. The Kier molecular flexibility index (Phi) is 5.51. The number of nitrogens with zero attached hydrogens (tertiary/aromatic N) is 2. The standard InChI is InChI=1S/C14H14Cl3N5O/c1-6(2)10-5-11(20-13(18)19-10)21-14(23)22-12-8(16)3-7(15)4-9(12)17/h3-6H,1-2H3,(H4,18,19,20,21,22,23). The maximum absolute atomic E-state index is 12.1. The van der Waals surface area contributed by atoms with Crippen molar-refractivity contribution in [1.82, 2.24) is 9.97 Å². The third-order valence-electron chi connectivity index (χ3n) is 2.84. The number of nitrogen functional groups attached to an aromatic ring is 1. The zero-order valence-corrected chi connectivity index (χ0v) is 14.6. The molecule has 2 rings (SSSR count). The summed E-state index contributed by atoms with van der Waals surface area (Å²) in [5, 5.41) is 5.93. The van der Waals surface area contributed by atoms with Gasteiger partial charge in [0.05, 0.1) is 21.4 Å². The molecule has 0 aliphatic rings. The predicted octanol–water partition coefficient (Wildman–Crippen LogP) is 4.79. The number of amides is 2. The first kappa shape index (κ1) is 17.6. The third kappa shape index (κ3) is 4.60. The van der Waals surface area contributed by atoms with E-state index in [-0.39, 0.29) is 33.4 Å². The summed E-state index contributed by atoms with van der Waals surface area (Å²) in [4.78, 5) is 20.2. The first-order valence-corrected chi connectivity index (χ1v) is 7.76. The number of carbonyl (C=O) groups is 1. The summed E-state index contributed by atoms with van der Waals surface area (Å²) in [7, 11) is 0. The Morgan fingerprint density at radius 2 is 1.70 bits per heavy atom. The molecule has 0 saturated heterocycles. The molecule has 0 aliphatic carbocycles. The lowest BCUT2D eigenvalue weighted by atomic mass is 10.1. The number of rotatable bonds is 3. The third-order valence-corrected chi connectivity index (χ3v) is 3.66. The van der Waals surface area contributed by atoms with Crippen molar-refractivity contribution < 1.29 is 4.79 Å². The van der Waals surface area contributed by atoms with Crippen LogP contribution in [0, 0.1) is 0 Å². The molecule has 0 unspecified atom stereocenters. The highest BCUT2D eigenvalue weighted by atomic mass is 35.5. The van der Waals surface area contributed by atoms with Gasteiger partial charge in [0.2, 0.25) is 5.95 Å². The van der Waals surface area contributed by atoms with Gasteiger partial charge >= 0.3 is 6.03 Å². The van der Waals surface area contributed by atoms with Crippen molar-refractivity contribution in [2.45, 2.75) is 19.8 Å². The van der Waals surface area contributed by atoms with Gasteiger partial charge in [-0.25, -0.2) is 9.78 Å². The Morgan fingerprint density at radius 3 is 2.26 bits per heavy atom. The predicted molar refractivity (Wildman–Crippen MR) is 94.6 cm³/mol. The van der Waals surface area contributed by atoms with Crippen molar-refractivity contribution in [3.05, 3.63) is 39.0 Å². The number of carbonyl (C=O) groups excluding carboxylic acids is 1. The normalized spacial score (nSPS) is 10.7. The van der Waals surface area contributed by atoms with Crippen molar-refractivity contribution in [3.8, 4) is 0 Å². The van der Waals surface area contributed by atoms with Crippen molar-refractivity contribution in [1.29, 1.82) is 0 Å². The zero-order chi connectivity index (χ0) is 17.1. The van der Waals surface area contributed by atoms with Gasteiger partial charge < -0.3 is 11.1 Å². The van der Waals surface area contributed by atoms with E-state index < -0.39 is 6.03 Å². The minimum absolute atomic E-state index is 0.0778. The molecule has 0 spiro atoms. The average Bonchev–Trinajstić information content (AvgIpc) is 2.42. The van der Waals surface area contributed by atoms with Gasteiger partial charge in [0.25, 0.3) is 0 Å². The van der Waals surface area contributed by atoms with Gasteiger partial charge in [0.15, 0.2) is 0 Å². The van der Waals surface area contributed by atoms with Crippen molar-refractivity contribution in [3.63, 3.8) is 0 Å². The first-order chi connectivity index (χ1) is 10.8. The van der Waals surface area contributed by atoms with E-state index in [9.17, 15) is 4.79 Å². The molecule has 1 aromatic carbocycles. The lowest BCUT2D eigenvalue weighted by Crippen LogP contribution is -2.21. The number of nitrogens with one attached hydrogen (secondary N) is 2. The number of benzene rings is 1. The summed E-state index contributed by atoms with van der Waals surface area (Å²) < 4.78 is 0. The van der Waals surface area contributed by atoms with E-state index in [4.69, 9.17) is 40.5 Å². The van der Waals surface area contributed by atoms with E-state index in [0.717, 1.165) is 5.69 Å². The molecule has 1 heterocycles. The second-order valence-electron chi connectivity index (χ2n) is 5.01. The van der Waals surface area contributed by atoms with Crippen molar-refractivity contribution in [2.75, 3.05) is 16.4 Å². The topological polar surface area (TPSA) is 92.9 Å². The molecule has 0 bridgehead atoms. The van der Waals surface area contributed by atoms with E-state index in [2.05, 4.69) is 20.6 Å². The van der Waals surface area contributed by atoms with Gasteiger partial charge in [-0.3, -0.25) is 5.32 Å². The maximum Gasteiger partial charge on any atom is 0.324 e. The van der Waals surface area contributed by atoms with E-state index in [0.29, 0.717) is 5.02 Å². The highest BCUT2D eigenvalue weighted by molar-refractivity contribution is 6.42. The fourth-order valence-corrected chi connectivity index (χ4v) is 2.68. The fraction of sp³-hybridized carbons (Fsp3) is 0.214. The van der Waals surface area contributed by atoms with Gasteiger partial charge in [0.1, 0.15) is 5.82 Å². The Hall–Kier alpha value is -1.76. The summed E-state index contributed by atoms with van der Waals surface area (Å²) in [5.41, 5.74) is 6.61. The number of hydrogen-bond donors (Lipinski definition) is 3. The van der Waals surface area contributed by atoms with Gasteiger partial charge in [-0.15, -0.1) is 0 Å². The summed E-state index contributed by atoms with van der Waals surface area (Å²) >= 11 is 17.9. The minimum Gasteiger partial charge on any atom is -0.368 e. The van der Waals surface area contributed by atoms with Crippen LogP contribution in [0.2, 0.25) is 15.1 Å². The number of nitrogens with two attached hydrogens (primary N) is 1. The molecule has 2 aromatic rings. The average molecular weight is 375 g/mol. The number of hydrogen-bond acceptors (Lipinski definition) is 4. The second kappa shape index (κ2) is 7.21. The van der Waals surface area contributed by atoms with Gasteiger partial charge in [-0.1, -0.05) is 48.7 Å². The lowest BCUT2D eigenvalue weighted by molar-refractivity contribution is 0.262. The van der Waals surface area contributed by atoms with Gasteiger partial charge in [-0.2, -0.15) is 4.98 Å². The number of aromatic nitrogens is 2. The molecule has 0 atom stereocenters. The van der Waals surface area contributed by atoms with Crippen LogP contribution in [-0.4, -0.2) is 16.0 Å². The smallest absolute Gasteiger partial charge is 0.324 e. The molecule has 0 fully saturated rings. The van der Waals surface area contributed by atoms with Crippen LogP contribution >= 0.6 is 34.8 Å². The maximum atomic E-state index is 12.1. The minimum atomic E-state index is -0.566. The molecule has 2 amide bonds.